The van der Waals surface area contributed by atoms with Crippen LogP contribution in [0.4, 0.5) is 10.5 Å². The highest BCUT2D eigenvalue weighted by Crippen LogP contribution is 2.27. The Morgan fingerprint density at radius 2 is 1.80 bits per heavy atom. The van der Waals surface area contributed by atoms with E-state index in [4.69, 9.17) is 0 Å². The van der Waals surface area contributed by atoms with Crippen LogP contribution in [0.5, 0.6) is 0 Å². The van der Waals surface area contributed by atoms with Crippen LogP contribution in [-0.4, -0.2) is 46.7 Å². The van der Waals surface area contributed by atoms with Gasteiger partial charge in [-0.2, -0.15) is 0 Å². The number of allylic oxidation sites excluding steroid dienone is 1. The molecule has 1 saturated heterocycles. The largest absolute Gasteiger partial charge is 0.339 e. The van der Waals surface area contributed by atoms with Gasteiger partial charge in [0.25, 0.3) is 0 Å². The van der Waals surface area contributed by atoms with Gasteiger partial charge in [0, 0.05) is 47.5 Å². The SMILES string of the molecule is O=C(C=CC(=O)N1CCC(N2Cc3ccccc3NC2=O)CC1)c1cccc(Br)c1. The summed E-state index contributed by atoms with van der Waals surface area (Å²) >= 11 is 3.34. The number of rotatable bonds is 4. The number of likely N-dealkylation sites (tertiary alicyclic amines) is 1. The lowest BCUT2D eigenvalue weighted by molar-refractivity contribution is -0.127. The van der Waals surface area contributed by atoms with E-state index in [1.165, 1.54) is 12.2 Å². The number of piperidine rings is 1. The minimum absolute atomic E-state index is 0.0852. The van der Waals surface area contributed by atoms with Gasteiger partial charge in [-0.3, -0.25) is 9.59 Å². The first-order valence-corrected chi connectivity index (χ1v) is 10.7. The lowest BCUT2D eigenvalue weighted by Crippen LogP contribution is -2.50. The highest BCUT2D eigenvalue weighted by Gasteiger charge is 2.32. The number of fused-ring (bicyclic) bond motifs is 1. The summed E-state index contributed by atoms with van der Waals surface area (Å²) in [5.74, 6) is -0.381. The van der Waals surface area contributed by atoms with Crippen molar-refractivity contribution in [2.75, 3.05) is 18.4 Å². The standard InChI is InChI=1S/C23H22BrN3O3/c24-18-6-3-5-16(14-18)21(28)8-9-22(29)26-12-10-19(11-13-26)27-15-17-4-1-2-7-20(17)25-23(27)30/h1-9,14,19H,10-13,15H2,(H,25,30). The van der Waals surface area contributed by atoms with Crippen molar-refractivity contribution < 1.29 is 14.4 Å². The van der Waals surface area contributed by atoms with Crippen LogP contribution < -0.4 is 5.32 Å². The van der Waals surface area contributed by atoms with Gasteiger partial charge in [0.05, 0.1) is 0 Å². The first-order chi connectivity index (χ1) is 14.5. The number of para-hydroxylation sites is 1. The van der Waals surface area contributed by atoms with Gasteiger partial charge in [0.15, 0.2) is 5.78 Å². The molecule has 2 aromatic carbocycles. The van der Waals surface area contributed by atoms with E-state index in [0.29, 0.717) is 25.2 Å². The Morgan fingerprint density at radius 1 is 1.03 bits per heavy atom. The van der Waals surface area contributed by atoms with Gasteiger partial charge in [-0.1, -0.05) is 46.3 Å². The number of amides is 3. The molecular weight excluding hydrogens is 446 g/mol. The highest BCUT2D eigenvalue weighted by molar-refractivity contribution is 9.10. The van der Waals surface area contributed by atoms with Crippen molar-refractivity contribution in [1.82, 2.24) is 9.80 Å². The minimum atomic E-state index is -0.205. The van der Waals surface area contributed by atoms with Gasteiger partial charge in [-0.05, 0) is 42.7 Å². The maximum atomic E-state index is 12.5. The molecule has 0 spiro atoms. The molecule has 0 aromatic heterocycles. The summed E-state index contributed by atoms with van der Waals surface area (Å²) in [6.45, 7) is 1.70. The van der Waals surface area contributed by atoms with Crippen molar-refractivity contribution in [3.8, 4) is 0 Å². The van der Waals surface area contributed by atoms with Gasteiger partial charge in [-0.25, -0.2) is 4.79 Å². The van der Waals surface area contributed by atoms with Crippen molar-refractivity contribution in [1.29, 1.82) is 0 Å². The molecule has 0 saturated carbocycles. The zero-order chi connectivity index (χ0) is 21.1. The quantitative estimate of drug-likeness (QED) is 0.540. The molecule has 6 nitrogen and oxygen atoms in total. The van der Waals surface area contributed by atoms with E-state index < -0.39 is 0 Å². The first-order valence-electron chi connectivity index (χ1n) is 9.93. The molecule has 2 aromatic rings. The zero-order valence-electron chi connectivity index (χ0n) is 16.4. The Hall–Kier alpha value is -2.93. The van der Waals surface area contributed by atoms with Gasteiger partial charge < -0.3 is 15.1 Å². The lowest BCUT2D eigenvalue weighted by atomic mass is 10.0. The predicted octanol–water partition coefficient (Wildman–Crippen LogP) is 4.23. The average Bonchev–Trinajstić information content (AvgIpc) is 2.77. The third kappa shape index (κ3) is 4.46. The first kappa shape index (κ1) is 20.3. The van der Waals surface area contributed by atoms with Gasteiger partial charge >= 0.3 is 6.03 Å². The second kappa shape index (κ2) is 8.83. The molecule has 2 heterocycles. The molecule has 2 aliphatic heterocycles. The second-order valence-electron chi connectivity index (χ2n) is 7.48. The normalized spacial score (nSPS) is 17.0. The fourth-order valence-electron chi connectivity index (χ4n) is 3.91. The summed E-state index contributed by atoms with van der Waals surface area (Å²) < 4.78 is 0.819. The average molecular weight is 468 g/mol. The van der Waals surface area contributed by atoms with Crippen molar-refractivity contribution in [2.45, 2.75) is 25.4 Å². The van der Waals surface area contributed by atoms with Crippen LogP contribution in [0.15, 0.2) is 65.2 Å². The van der Waals surface area contributed by atoms with E-state index in [-0.39, 0.29) is 23.8 Å². The summed E-state index contributed by atoms with van der Waals surface area (Å²) in [4.78, 5) is 40.8. The molecule has 4 rings (SSSR count). The molecule has 0 atom stereocenters. The maximum absolute atomic E-state index is 12.5. The molecule has 0 radical (unpaired) electrons. The minimum Gasteiger partial charge on any atom is -0.339 e. The zero-order valence-corrected chi connectivity index (χ0v) is 18.0. The summed E-state index contributed by atoms with van der Waals surface area (Å²) in [6.07, 6.45) is 4.10. The number of carbonyl (C=O) groups is 3. The van der Waals surface area contributed by atoms with Crippen LogP contribution in [-0.2, 0) is 11.3 Å². The predicted molar refractivity (Wildman–Crippen MR) is 118 cm³/mol. The number of benzene rings is 2. The van der Waals surface area contributed by atoms with Gasteiger partial charge in [-0.15, -0.1) is 0 Å². The van der Waals surface area contributed by atoms with E-state index in [2.05, 4.69) is 21.2 Å². The smallest absolute Gasteiger partial charge is 0.322 e. The molecule has 1 N–H and O–H groups in total. The molecule has 0 bridgehead atoms. The molecule has 7 heteroatoms. The van der Waals surface area contributed by atoms with Crippen LogP contribution in [0, 0.1) is 0 Å². The Labute approximate surface area is 183 Å². The van der Waals surface area contributed by atoms with Crippen LogP contribution in [0.2, 0.25) is 0 Å². The third-order valence-corrected chi connectivity index (χ3v) is 6.06. The number of urea groups is 1. The van der Waals surface area contributed by atoms with Crippen LogP contribution in [0.25, 0.3) is 0 Å². The van der Waals surface area contributed by atoms with Gasteiger partial charge in [0.2, 0.25) is 5.91 Å². The molecular formula is C23H22BrN3O3. The fourth-order valence-corrected chi connectivity index (χ4v) is 4.30. The van der Waals surface area contributed by atoms with E-state index >= 15 is 0 Å². The maximum Gasteiger partial charge on any atom is 0.322 e. The van der Waals surface area contributed by atoms with E-state index in [1.54, 1.807) is 23.1 Å². The Kier molecular flexibility index (Phi) is 5.99. The number of nitrogens with one attached hydrogen (secondary N) is 1. The summed E-state index contributed by atoms with van der Waals surface area (Å²) in [6, 6.07) is 14.9. The Morgan fingerprint density at radius 3 is 2.57 bits per heavy atom. The Bertz CT molecular complexity index is 1010. The fraction of sp³-hybridized carbons (Fsp3) is 0.261. The summed E-state index contributed by atoms with van der Waals surface area (Å²) in [5, 5.41) is 2.95. The summed E-state index contributed by atoms with van der Waals surface area (Å²) in [5.41, 5.74) is 2.50. The molecule has 1 fully saturated rings. The third-order valence-electron chi connectivity index (χ3n) is 5.56. The molecule has 154 valence electrons. The lowest BCUT2D eigenvalue weighted by Gasteiger charge is -2.40. The van der Waals surface area contributed by atoms with E-state index in [9.17, 15) is 14.4 Å². The van der Waals surface area contributed by atoms with Crippen molar-refractivity contribution in [3.05, 3.63) is 76.3 Å². The van der Waals surface area contributed by atoms with Crippen molar-refractivity contribution in [2.24, 2.45) is 0 Å². The number of carbonyl (C=O) groups excluding carboxylic acids is 3. The van der Waals surface area contributed by atoms with Crippen LogP contribution >= 0.6 is 15.9 Å². The van der Waals surface area contributed by atoms with Crippen molar-refractivity contribution >= 4 is 39.3 Å². The topological polar surface area (TPSA) is 69.7 Å². The van der Waals surface area contributed by atoms with Crippen LogP contribution in [0.3, 0.4) is 0 Å². The molecule has 3 amide bonds. The van der Waals surface area contributed by atoms with E-state index in [0.717, 1.165) is 28.6 Å². The van der Waals surface area contributed by atoms with Crippen LogP contribution in [0.1, 0.15) is 28.8 Å². The Balaban J connectivity index is 1.32. The number of hydrogen-bond acceptors (Lipinski definition) is 3. The number of anilines is 1. The monoisotopic (exact) mass is 467 g/mol. The van der Waals surface area contributed by atoms with Gasteiger partial charge in [0.1, 0.15) is 0 Å². The molecule has 0 aliphatic carbocycles. The highest BCUT2D eigenvalue weighted by atomic mass is 79.9. The molecule has 2 aliphatic rings. The number of nitrogens with zero attached hydrogens (tertiary/aromatic N) is 2. The van der Waals surface area contributed by atoms with E-state index in [1.807, 2.05) is 35.2 Å². The number of hydrogen-bond donors (Lipinski definition) is 1. The second-order valence-corrected chi connectivity index (χ2v) is 8.40. The molecule has 30 heavy (non-hydrogen) atoms. The van der Waals surface area contributed by atoms with Crippen molar-refractivity contribution in [3.63, 3.8) is 0 Å². The number of halogens is 1. The summed E-state index contributed by atoms with van der Waals surface area (Å²) in [7, 11) is 0. The number of ketones is 1. The molecule has 0 unspecified atom stereocenters.